The molecule has 0 fully saturated rings. The first-order chi connectivity index (χ1) is 45.1. The summed E-state index contributed by atoms with van der Waals surface area (Å²) < 4.78 is 0. The van der Waals surface area contributed by atoms with E-state index in [-0.39, 0.29) is 6.71 Å². The van der Waals surface area contributed by atoms with E-state index in [4.69, 9.17) is 15.0 Å². The molecular formula is C85H54BN5. The van der Waals surface area contributed by atoms with Crippen molar-refractivity contribution in [2.24, 2.45) is 0 Å². The standard InChI is InChI=1S/C85H54BN5/c1-7-23-55(24-8-1)65-45-66(56-25-9-2-10-26-56)48-69(47-65)83-87-84(70-49-67(57-27-11-3-12-28-57)46-68(50-70)58-29-13-4-14-30-58)89-85(88-83)71-53-78-80-79(54-71)91(73-37-17-6-18-38-73)82-75-52-62-34-22-20-32-60(62)44-64(75)40-42-77(82)86(80)76-41-39-63-43-59-31-19-21-33-61(59)51-74(63)81(76)90(78)72-35-15-5-16-36-72/h1-54H. The van der Waals surface area contributed by atoms with Crippen molar-refractivity contribution >= 4 is 100 Å². The van der Waals surface area contributed by atoms with Crippen LogP contribution in [0, 0.1) is 0 Å². The molecule has 2 aliphatic rings. The van der Waals surface area contributed by atoms with Gasteiger partial charge in [-0.1, -0.05) is 231 Å². The van der Waals surface area contributed by atoms with Crippen molar-refractivity contribution in [1.82, 2.24) is 15.0 Å². The smallest absolute Gasteiger partial charge is 0.252 e. The predicted octanol–water partition coefficient (Wildman–Crippen LogP) is 20.2. The zero-order chi connectivity index (χ0) is 59.9. The summed E-state index contributed by atoms with van der Waals surface area (Å²) in [6.07, 6.45) is 0. The van der Waals surface area contributed by atoms with Gasteiger partial charge in [0.25, 0.3) is 6.71 Å². The van der Waals surface area contributed by atoms with Crippen LogP contribution in [0.5, 0.6) is 0 Å². The van der Waals surface area contributed by atoms with Crippen LogP contribution < -0.4 is 26.2 Å². The first kappa shape index (κ1) is 52.2. The number of fused-ring (bicyclic) bond motifs is 10. The second-order valence-electron chi connectivity index (χ2n) is 23.9. The van der Waals surface area contributed by atoms with Crippen LogP contribution in [0.3, 0.4) is 0 Å². The van der Waals surface area contributed by atoms with Crippen LogP contribution in [0.25, 0.3) is 122 Å². The van der Waals surface area contributed by atoms with Crippen LogP contribution in [0.1, 0.15) is 0 Å². The van der Waals surface area contributed by atoms with E-state index in [2.05, 4.69) is 337 Å². The summed E-state index contributed by atoms with van der Waals surface area (Å²) >= 11 is 0. The lowest BCUT2D eigenvalue weighted by Gasteiger charge is -2.45. The molecular weight excluding hydrogens is 1100 g/mol. The molecule has 91 heavy (non-hydrogen) atoms. The molecule has 0 atom stereocenters. The zero-order valence-corrected chi connectivity index (χ0v) is 49.5. The van der Waals surface area contributed by atoms with Gasteiger partial charge in [-0.25, -0.2) is 15.0 Å². The molecule has 0 N–H and O–H groups in total. The molecule has 0 unspecified atom stereocenters. The molecule has 0 saturated heterocycles. The lowest BCUT2D eigenvalue weighted by molar-refractivity contribution is 1.07. The van der Waals surface area contributed by atoms with Gasteiger partial charge in [-0.05, 0) is 190 Å². The topological polar surface area (TPSA) is 45.2 Å². The second-order valence-corrected chi connectivity index (χ2v) is 23.9. The van der Waals surface area contributed by atoms with Gasteiger partial charge in [0.15, 0.2) is 17.5 Å². The number of aromatic nitrogens is 3. The first-order valence-corrected chi connectivity index (χ1v) is 31.2. The largest absolute Gasteiger partial charge is 0.311 e. The third kappa shape index (κ3) is 8.98. The van der Waals surface area contributed by atoms with Gasteiger partial charge in [0, 0.05) is 61.6 Å². The van der Waals surface area contributed by atoms with Crippen LogP contribution in [0.15, 0.2) is 328 Å². The lowest BCUT2D eigenvalue weighted by atomic mass is 9.33. The quantitative estimate of drug-likeness (QED) is 0.106. The first-order valence-electron chi connectivity index (χ1n) is 31.2. The van der Waals surface area contributed by atoms with E-state index in [1.54, 1.807) is 0 Å². The highest BCUT2D eigenvalue weighted by Crippen LogP contribution is 2.50. The molecule has 0 bridgehead atoms. The lowest BCUT2D eigenvalue weighted by Crippen LogP contribution is -2.61. The number of hydrogen-bond donors (Lipinski definition) is 0. The molecule has 18 rings (SSSR count). The van der Waals surface area contributed by atoms with Gasteiger partial charge in [-0.2, -0.15) is 0 Å². The molecule has 0 saturated carbocycles. The van der Waals surface area contributed by atoms with Crippen LogP contribution in [-0.2, 0) is 0 Å². The molecule has 15 aromatic carbocycles. The molecule has 0 amide bonds. The maximum absolute atomic E-state index is 5.78. The van der Waals surface area contributed by atoms with E-state index in [0.29, 0.717) is 17.5 Å². The van der Waals surface area contributed by atoms with Crippen LogP contribution in [0.2, 0.25) is 0 Å². The Balaban J connectivity index is 0.970. The highest BCUT2D eigenvalue weighted by atomic mass is 15.2. The number of hydrogen-bond acceptors (Lipinski definition) is 5. The summed E-state index contributed by atoms with van der Waals surface area (Å²) in [5, 5.41) is 9.52. The fourth-order valence-corrected chi connectivity index (χ4v) is 14.3. The van der Waals surface area contributed by atoms with Crippen molar-refractivity contribution in [3.63, 3.8) is 0 Å². The second kappa shape index (κ2) is 21.4. The van der Waals surface area contributed by atoms with Crippen molar-refractivity contribution in [2.75, 3.05) is 9.80 Å². The van der Waals surface area contributed by atoms with Gasteiger partial charge >= 0.3 is 0 Å². The van der Waals surface area contributed by atoms with Crippen molar-refractivity contribution < 1.29 is 0 Å². The molecule has 6 heteroatoms. The summed E-state index contributed by atoms with van der Waals surface area (Å²) in [7, 11) is 0. The molecule has 1 aromatic heterocycles. The third-order valence-electron chi connectivity index (χ3n) is 18.5. The molecule has 0 radical (unpaired) electrons. The van der Waals surface area contributed by atoms with Crippen molar-refractivity contribution in [1.29, 1.82) is 0 Å². The number of anilines is 6. The molecule has 422 valence electrons. The fraction of sp³-hybridized carbons (Fsp3) is 0. The molecule has 3 heterocycles. The molecule has 0 spiro atoms. The molecule has 5 nitrogen and oxygen atoms in total. The Hall–Kier alpha value is -12.0. The van der Waals surface area contributed by atoms with Gasteiger partial charge in [0.2, 0.25) is 0 Å². The predicted molar refractivity (Wildman–Crippen MR) is 382 cm³/mol. The Labute approximate surface area is 528 Å². The van der Waals surface area contributed by atoms with Gasteiger partial charge in [0.1, 0.15) is 0 Å². The van der Waals surface area contributed by atoms with E-state index in [1.807, 2.05) is 0 Å². The van der Waals surface area contributed by atoms with E-state index < -0.39 is 0 Å². The van der Waals surface area contributed by atoms with Crippen LogP contribution in [-0.4, -0.2) is 21.7 Å². The van der Waals surface area contributed by atoms with Crippen LogP contribution in [0.4, 0.5) is 34.1 Å². The van der Waals surface area contributed by atoms with Gasteiger partial charge < -0.3 is 9.80 Å². The Kier molecular flexibility index (Phi) is 12.3. The highest BCUT2D eigenvalue weighted by Gasteiger charge is 2.45. The molecule has 2 aliphatic heterocycles. The summed E-state index contributed by atoms with van der Waals surface area (Å²) in [6.45, 7) is -0.172. The maximum Gasteiger partial charge on any atom is 0.252 e. The zero-order valence-electron chi connectivity index (χ0n) is 49.5. The Morgan fingerprint density at radius 1 is 0.220 bits per heavy atom. The van der Waals surface area contributed by atoms with Crippen molar-refractivity contribution in [2.45, 2.75) is 0 Å². The maximum atomic E-state index is 5.78. The van der Waals surface area contributed by atoms with Crippen LogP contribution >= 0.6 is 0 Å². The Morgan fingerprint density at radius 2 is 0.505 bits per heavy atom. The number of rotatable bonds is 9. The van der Waals surface area contributed by atoms with E-state index >= 15 is 0 Å². The summed E-state index contributed by atoms with van der Waals surface area (Å²) in [5.74, 6) is 1.69. The third-order valence-corrected chi connectivity index (χ3v) is 18.5. The minimum Gasteiger partial charge on any atom is -0.311 e. The molecule has 16 aromatic rings. The summed E-state index contributed by atoms with van der Waals surface area (Å²) in [6, 6.07) is 119. The van der Waals surface area contributed by atoms with Crippen molar-refractivity contribution in [3.05, 3.63) is 328 Å². The summed E-state index contributed by atoms with van der Waals surface area (Å²) in [4.78, 5) is 22.3. The minimum absolute atomic E-state index is 0.172. The fourth-order valence-electron chi connectivity index (χ4n) is 14.3. The van der Waals surface area contributed by atoms with Crippen molar-refractivity contribution in [3.8, 4) is 78.7 Å². The van der Waals surface area contributed by atoms with E-state index in [9.17, 15) is 0 Å². The molecule has 0 aliphatic carbocycles. The normalized spacial score (nSPS) is 12.3. The summed E-state index contributed by atoms with van der Waals surface area (Å²) in [5.41, 5.74) is 21.5. The Bertz CT molecular complexity index is 5080. The highest BCUT2D eigenvalue weighted by molar-refractivity contribution is 7.00. The Morgan fingerprint density at radius 3 is 0.846 bits per heavy atom. The monoisotopic (exact) mass is 1160 g/mol. The van der Waals surface area contributed by atoms with Gasteiger partial charge in [-0.15, -0.1) is 0 Å². The SMILES string of the molecule is c1ccc(-c2cc(-c3ccccc3)cc(-c3nc(-c4cc(-c5ccccc5)cc(-c5ccccc5)c4)nc(-c4cc5c6c(c4)N(c4ccccc4)c4c(ccc7cc8ccccc8cc47)B6c4ccc6cc7ccccc7cc6c4N5c4ccccc4)n3)c2)cc1. The van der Waals surface area contributed by atoms with Gasteiger partial charge in [-0.3, -0.25) is 0 Å². The minimum atomic E-state index is -0.172. The number of para-hydroxylation sites is 2. The van der Waals surface area contributed by atoms with Gasteiger partial charge in [0.05, 0.1) is 0 Å². The average molecular weight is 1160 g/mol. The number of nitrogens with zero attached hydrogens (tertiary/aromatic N) is 5. The van der Waals surface area contributed by atoms with E-state index in [0.717, 1.165) is 95.3 Å². The van der Waals surface area contributed by atoms with E-state index in [1.165, 1.54) is 59.5 Å². The average Bonchev–Trinajstić information content (AvgIpc) is 0.759. The number of benzene rings is 15.